The summed E-state index contributed by atoms with van der Waals surface area (Å²) in [5.74, 6) is 0.973. The lowest BCUT2D eigenvalue weighted by Gasteiger charge is -2.03. The smallest absolute Gasteiger partial charge is 0.269 e. The van der Waals surface area contributed by atoms with Crippen LogP contribution in [-0.2, 0) is 6.42 Å². The molecule has 0 fully saturated rings. The van der Waals surface area contributed by atoms with Crippen LogP contribution in [0, 0.1) is 17.0 Å². The molecule has 0 aliphatic rings. The van der Waals surface area contributed by atoms with Crippen molar-refractivity contribution in [2.45, 2.75) is 13.3 Å². The van der Waals surface area contributed by atoms with E-state index in [1.165, 1.54) is 12.1 Å². The summed E-state index contributed by atoms with van der Waals surface area (Å²) in [5.41, 5.74) is 12.5. The average molecular weight is 394 g/mol. The maximum Gasteiger partial charge on any atom is 0.269 e. The summed E-state index contributed by atoms with van der Waals surface area (Å²) in [7, 11) is 1.64. The third kappa shape index (κ3) is 4.89. The Morgan fingerprint density at radius 3 is 2.79 bits per heavy atom. The van der Waals surface area contributed by atoms with Crippen LogP contribution in [0.4, 0.5) is 5.69 Å². The predicted molar refractivity (Wildman–Crippen MR) is 114 cm³/mol. The number of aliphatic imine (C=N–C) groups is 1. The third-order valence-electron chi connectivity index (χ3n) is 4.44. The first kappa shape index (κ1) is 19.9. The average Bonchev–Trinajstić information content (AvgIpc) is 3.12. The van der Waals surface area contributed by atoms with Gasteiger partial charge in [0.2, 0.25) is 5.96 Å². The molecule has 4 N–H and O–H groups in total. The lowest BCUT2D eigenvalue weighted by molar-refractivity contribution is -0.384. The number of nitrogens with zero attached hydrogens (tertiary/aromatic N) is 3. The van der Waals surface area contributed by atoms with Gasteiger partial charge in [-0.25, -0.2) is 5.43 Å². The van der Waals surface area contributed by atoms with Gasteiger partial charge in [0.1, 0.15) is 5.75 Å². The number of non-ortho nitro benzene ring substituents is 1. The summed E-state index contributed by atoms with van der Waals surface area (Å²) in [6.07, 6.45) is 4.15. The molecule has 0 spiro atoms. The van der Waals surface area contributed by atoms with E-state index in [1.54, 1.807) is 25.5 Å². The molecule has 150 valence electrons. The number of hydrazone groups is 1. The molecule has 0 atom stereocenters. The van der Waals surface area contributed by atoms with Crippen molar-refractivity contribution >= 4 is 28.8 Å². The summed E-state index contributed by atoms with van der Waals surface area (Å²) in [6, 6.07) is 10.3. The fourth-order valence-electron chi connectivity index (χ4n) is 2.92. The Morgan fingerprint density at radius 2 is 2.10 bits per heavy atom. The Labute approximate surface area is 167 Å². The number of aromatic amines is 1. The largest absolute Gasteiger partial charge is 0.497 e. The lowest BCUT2D eigenvalue weighted by atomic mass is 10.1. The first-order valence-corrected chi connectivity index (χ1v) is 8.96. The number of hydrogen-bond donors (Lipinski definition) is 3. The van der Waals surface area contributed by atoms with Gasteiger partial charge in [-0.05, 0) is 36.6 Å². The van der Waals surface area contributed by atoms with Crippen molar-refractivity contribution in [2.75, 3.05) is 13.7 Å². The van der Waals surface area contributed by atoms with Gasteiger partial charge in [-0.3, -0.25) is 15.1 Å². The van der Waals surface area contributed by atoms with Crippen molar-refractivity contribution in [2.24, 2.45) is 15.8 Å². The fraction of sp³-hybridized carbons (Fsp3) is 0.200. The molecule has 0 aliphatic carbocycles. The number of H-pyrrole nitrogens is 1. The summed E-state index contributed by atoms with van der Waals surface area (Å²) in [4.78, 5) is 17.7. The predicted octanol–water partition coefficient (Wildman–Crippen LogP) is 2.87. The maximum atomic E-state index is 10.7. The van der Waals surface area contributed by atoms with Gasteiger partial charge in [-0.15, -0.1) is 0 Å². The number of aryl methyl sites for hydroxylation is 1. The molecule has 1 heterocycles. The number of guanidine groups is 1. The summed E-state index contributed by atoms with van der Waals surface area (Å²) >= 11 is 0. The normalized spacial score (nSPS) is 11.9. The van der Waals surface area contributed by atoms with Crippen molar-refractivity contribution in [3.8, 4) is 5.75 Å². The quantitative estimate of drug-likeness (QED) is 0.245. The number of rotatable bonds is 7. The molecule has 0 amide bonds. The molecule has 9 heteroatoms. The van der Waals surface area contributed by atoms with Gasteiger partial charge in [-0.1, -0.05) is 12.1 Å². The highest BCUT2D eigenvalue weighted by molar-refractivity contribution is 6.01. The number of benzene rings is 2. The first-order chi connectivity index (χ1) is 14.0. The van der Waals surface area contributed by atoms with E-state index in [1.807, 2.05) is 25.3 Å². The Bertz CT molecular complexity index is 1070. The molecule has 29 heavy (non-hydrogen) atoms. The van der Waals surface area contributed by atoms with Crippen LogP contribution < -0.4 is 15.9 Å². The zero-order valence-corrected chi connectivity index (χ0v) is 16.2. The molecule has 3 rings (SSSR count). The van der Waals surface area contributed by atoms with Crippen LogP contribution in [0.25, 0.3) is 10.9 Å². The lowest BCUT2D eigenvalue weighted by Crippen LogP contribution is -2.27. The van der Waals surface area contributed by atoms with Crippen molar-refractivity contribution in [1.82, 2.24) is 10.4 Å². The summed E-state index contributed by atoms with van der Waals surface area (Å²) in [6.45, 7) is 2.45. The minimum atomic E-state index is -0.424. The molecular weight excluding hydrogens is 372 g/mol. The Hall–Kier alpha value is -3.88. The SMILES string of the molecule is COc1cc(C)c2[nH]cc(/C=N/NC(N)=NCCc3ccc([N+](=O)[O-])cc3)c2c1. The molecule has 0 radical (unpaired) electrons. The highest BCUT2D eigenvalue weighted by Crippen LogP contribution is 2.26. The number of methoxy groups -OCH3 is 1. The van der Waals surface area contributed by atoms with Crippen LogP contribution in [0.1, 0.15) is 16.7 Å². The molecule has 9 nitrogen and oxygen atoms in total. The van der Waals surface area contributed by atoms with Gasteiger partial charge in [0.25, 0.3) is 5.69 Å². The Balaban J connectivity index is 1.58. The number of nitro benzene ring substituents is 1. The number of nitrogens with two attached hydrogens (primary N) is 1. The second-order valence-corrected chi connectivity index (χ2v) is 6.42. The number of aromatic nitrogens is 1. The number of nitro groups is 1. The first-order valence-electron chi connectivity index (χ1n) is 8.96. The molecule has 0 saturated carbocycles. The van der Waals surface area contributed by atoms with E-state index in [2.05, 4.69) is 20.5 Å². The van der Waals surface area contributed by atoms with Crippen molar-refractivity contribution in [1.29, 1.82) is 0 Å². The molecule has 0 unspecified atom stereocenters. The third-order valence-corrected chi connectivity index (χ3v) is 4.44. The van der Waals surface area contributed by atoms with Crippen LogP contribution in [0.5, 0.6) is 5.75 Å². The van der Waals surface area contributed by atoms with Crippen LogP contribution in [0.15, 0.2) is 52.7 Å². The van der Waals surface area contributed by atoms with E-state index in [-0.39, 0.29) is 11.6 Å². The van der Waals surface area contributed by atoms with Crippen LogP contribution in [0.2, 0.25) is 0 Å². The standard InChI is InChI=1S/C20H22N6O3/c1-13-9-17(29-2)10-18-15(11-23-19(13)18)12-24-25-20(21)22-8-7-14-3-5-16(6-4-14)26(27)28/h3-6,9-12,23H,7-8H2,1-2H3,(H3,21,22,25)/b24-12+. The van der Waals surface area contributed by atoms with E-state index in [0.717, 1.165) is 33.3 Å². The minimum absolute atomic E-state index is 0.0675. The van der Waals surface area contributed by atoms with Gasteiger partial charge in [0.15, 0.2) is 0 Å². The van der Waals surface area contributed by atoms with E-state index in [4.69, 9.17) is 10.5 Å². The molecule has 0 saturated heterocycles. The van der Waals surface area contributed by atoms with E-state index >= 15 is 0 Å². The number of ether oxygens (including phenoxy) is 1. The van der Waals surface area contributed by atoms with Gasteiger partial charge in [-0.2, -0.15) is 5.10 Å². The second kappa shape index (κ2) is 8.87. The van der Waals surface area contributed by atoms with E-state index in [9.17, 15) is 10.1 Å². The van der Waals surface area contributed by atoms with Gasteiger partial charge in [0.05, 0.1) is 18.2 Å². The Kier molecular flexibility index (Phi) is 6.08. The van der Waals surface area contributed by atoms with Gasteiger partial charge in [0, 0.05) is 41.3 Å². The summed E-state index contributed by atoms with van der Waals surface area (Å²) in [5, 5.41) is 15.8. The molecular formula is C20H22N6O3. The minimum Gasteiger partial charge on any atom is -0.497 e. The molecule has 1 aromatic heterocycles. The Morgan fingerprint density at radius 1 is 1.34 bits per heavy atom. The van der Waals surface area contributed by atoms with Gasteiger partial charge < -0.3 is 15.5 Å². The van der Waals surface area contributed by atoms with Crippen molar-refractivity contribution in [3.63, 3.8) is 0 Å². The molecule has 3 aromatic rings. The highest BCUT2D eigenvalue weighted by Gasteiger charge is 2.07. The van der Waals surface area contributed by atoms with E-state index in [0.29, 0.717) is 13.0 Å². The fourth-order valence-corrected chi connectivity index (χ4v) is 2.92. The number of fused-ring (bicyclic) bond motifs is 1. The molecule has 0 aliphatic heterocycles. The van der Waals surface area contributed by atoms with E-state index < -0.39 is 4.92 Å². The maximum absolute atomic E-state index is 10.7. The van der Waals surface area contributed by atoms with Crippen LogP contribution >= 0.6 is 0 Å². The monoisotopic (exact) mass is 394 g/mol. The van der Waals surface area contributed by atoms with Crippen molar-refractivity contribution < 1.29 is 9.66 Å². The zero-order valence-electron chi connectivity index (χ0n) is 16.2. The zero-order chi connectivity index (χ0) is 20.8. The topological polar surface area (TPSA) is 131 Å². The number of hydrogen-bond acceptors (Lipinski definition) is 5. The highest BCUT2D eigenvalue weighted by atomic mass is 16.6. The van der Waals surface area contributed by atoms with Crippen molar-refractivity contribution in [3.05, 3.63) is 69.4 Å². The van der Waals surface area contributed by atoms with Crippen LogP contribution in [-0.4, -0.2) is 35.7 Å². The molecule has 0 bridgehead atoms. The second-order valence-electron chi connectivity index (χ2n) is 6.42. The molecule has 2 aromatic carbocycles. The number of nitrogens with one attached hydrogen (secondary N) is 2. The summed E-state index contributed by atoms with van der Waals surface area (Å²) < 4.78 is 5.32. The van der Waals surface area contributed by atoms with Gasteiger partial charge >= 0.3 is 0 Å². The van der Waals surface area contributed by atoms with Crippen LogP contribution in [0.3, 0.4) is 0 Å².